The molecule has 0 amide bonds. The molecule has 1 unspecified atom stereocenters. The number of esters is 3. The first-order valence-electron chi connectivity index (χ1n) is 9.66. The number of ether oxygens (including phenoxy) is 3. The Morgan fingerprint density at radius 2 is 1.40 bits per heavy atom. The quantitative estimate of drug-likeness (QED) is 0.507. The Hall–Kier alpha value is -2.80. The molecule has 0 radical (unpaired) electrons. The average molecular weight is 429 g/mol. The zero-order valence-electron chi connectivity index (χ0n) is 17.1. The van der Waals surface area contributed by atoms with Gasteiger partial charge >= 0.3 is 17.9 Å². The van der Waals surface area contributed by atoms with E-state index in [1.807, 2.05) is 38.1 Å². The molecule has 158 valence electrons. The second kappa shape index (κ2) is 9.80. The Balaban J connectivity index is 1.65. The van der Waals surface area contributed by atoms with Gasteiger partial charge in [-0.05, 0) is 38.1 Å². The van der Waals surface area contributed by atoms with E-state index in [9.17, 15) is 14.4 Å². The van der Waals surface area contributed by atoms with Crippen LogP contribution in [0, 0.1) is 13.8 Å². The van der Waals surface area contributed by atoms with Crippen molar-refractivity contribution in [2.75, 3.05) is 6.61 Å². The lowest BCUT2D eigenvalue weighted by atomic mass is 10.1. The Bertz CT molecular complexity index is 906. The van der Waals surface area contributed by atoms with Gasteiger partial charge in [0, 0.05) is 13.3 Å². The van der Waals surface area contributed by atoms with Crippen molar-refractivity contribution in [3.8, 4) is 0 Å². The molecule has 0 spiro atoms. The van der Waals surface area contributed by atoms with Gasteiger partial charge in [-0.25, -0.2) is 9.59 Å². The van der Waals surface area contributed by atoms with Crippen molar-refractivity contribution in [3.05, 3.63) is 70.8 Å². The number of hydrogen-bond donors (Lipinski definition) is 0. The molecule has 2 aromatic rings. The lowest BCUT2D eigenvalue weighted by Crippen LogP contribution is -2.29. The van der Waals surface area contributed by atoms with Crippen molar-refractivity contribution in [1.29, 1.82) is 0 Å². The van der Waals surface area contributed by atoms with Gasteiger partial charge in [0.25, 0.3) is 0 Å². The SMILES string of the molecule is CC(=O)OC1C[C@H](OC(=O)c2ccc(C)cc2)[C@@H](COC(=O)c2ccc(C)cc2)S1. The van der Waals surface area contributed by atoms with Gasteiger partial charge in [-0.15, -0.1) is 11.8 Å². The number of aryl methyl sites for hydroxylation is 2. The zero-order valence-corrected chi connectivity index (χ0v) is 17.9. The van der Waals surface area contributed by atoms with Crippen LogP contribution in [0.3, 0.4) is 0 Å². The first kappa shape index (κ1) is 21.9. The molecule has 2 aromatic carbocycles. The smallest absolute Gasteiger partial charge is 0.338 e. The Labute approximate surface area is 179 Å². The lowest BCUT2D eigenvalue weighted by molar-refractivity contribution is -0.142. The summed E-state index contributed by atoms with van der Waals surface area (Å²) in [5.41, 5.74) is 2.52. The summed E-state index contributed by atoms with van der Waals surface area (Å²) in [6.07, 6.45) is -0.201. The summed E-state index contributed by atoms with van der Waals surface area (Å²) in [6, 6.07) is 14.2. The maximum absolute atomic E-state index is 12.5. The molecule has 3 rings (SSSR count). The maximum Gasteiger partial charge on any atom is 0.338 e. The molecule has 30 heavy (non-hydrogen) atoms. The minimum atomic E-state index is -0.543. The van der Waals surface area contributed by atoms with Gasteiger partial charge in [-0.1, -0.05) is 35.4 Å². The molecule has 1 fully saturated rings. The van der Waals surface area contributed by atoms with Gasteiger partial charge in [0.2, 0.25) is 0 Å². The van der Waals surface area contributed by atoms with E-state index in [0.717, 1.165) is 11.1 Å². The summed E-state index contributed by atoms with van der Waals surface area (Å²) in [5, 5.41) is -0.335. The van der Waals surface area contributed by atoms with Crippen LogP contribution in [0.2, 0.25) is 0 Å². The number of hydrogen-bond acceptors (Lipinski definition) is 7. The molecule has 3 atom stereocenters. The third-order valence-corrected chi connectivity index (χ3v) is 6.06. The summed E-state index contributed by atoms with van der Waals surface area (Å²) in [4.78, 5) is 36.2. The maximum atomic E-state index is 12.5. The van der Waals surface area contributed by atoms with Crippen molar-refractivity contribution >= 4 is 29.7 Å². The molecule has 6 nitrogen and oxygen atoms in total. The summed E-state index contributed by atoms with van der Waals surface area (Å²) in [7, 11) is 0. The summed E-state index contributed by atoms with van der Waals surface area (Å²) < 4.78 is 16.4. The average Bonchev–Trinajstić information content (AvgIpc) is 3.07. The van der Waals surface area contributed by atoms with E-state index in [1.54, 1.807) is 24.3 Å². The van der Waals surface area contributed by atoms with Crippen LogP contribution in [-0.2, 0) is 19.0 Å². The Morgan fingerprint density at radius 3 is 1.93 bits per heavy atom. The Kier molecular flexibility index (Phi) is 7.15. The minimum Gasteiger partial charge on any atom is -0.461 e. The van der Waals surface area contributed by atoms with Crippen LogP contribution in [0.25, 0.3) is 0 Å². The van der Waals surface area contributed by atoms with E-state index in [2.05, 4.69) is 0 Å². The number of carbonyl (C=O) groups is 3. The van der Waals surface area contributed by atoms with Gasteiger partial charge < -0.3 is 14.2 Å². The molecule has 0 aromatic heterocycles. The first-order valence-corrected chi connectivity index (χ1v) is 10.6. The van der Waals surface area contributed by atoms with Crippen LogP contribution in [0.5, 0.6) is 0 Å². The molecule has 1 aliphatic heterocycles. The molecule has 0 bridgehead atoms. The molecule has 1 aliphatic rings. The third kappa shape index (κ3) is 5.86. The van der Waals surface area contributed by atoms with Crippen LogP contribution in [0.4, 0.5) is 0 Å². The van der Waals surface area contributed by atoms with Gasteiger partial charge in [0.15, 0.2) is 5.44 Å². The molecule has 7 heteroatoms. The van der Waals surface area contributed by atoms with Crippen molar-refractivity contribution in [2.24, 2.45) is 0 Å². The molecular formula is C23H24O6S. The topological polar surface area (TPSA) is 78.9 Å². The van der Waals surface area contributed by atoms with Gasteiger partial charge in [-0.2, -0.15) is 0 Å². The molecule has 1 saturated heterocycles. The van der Waals surface area contributed by atoms with Crippen molar-refractivity contribution in [2.45, 2.75) is 44.0 Å². The monoisotopic (exact) mass is 428 g/mol. The molecule has 0 N–H and O–H groups in total. The van der Waals surface area contributed by atoms with Crippen molar-refractivity contribution in [1.82, 2.24) is 0 Å². The fourth-order valence-electron chi connectivity index (χ4n) is 3.04. The van der Waals surface area contributed by atoms with E-state index >= 15 is 0 Å². The molecule has 0 aliphatic carbocycles. The first-order chi connectivity index (χ1) is 14.3. The molecule has 1 heterocycles. The van der Waals surface area contributed by atoms with E-state index in [1.165, 1.54) is 18.7 Å². The molecule has 0 saturated carbocycles. The number of rotatable bonds is 6. The van der Waals surface area contributed by atoms with Crippen LogP contribution in [0.1, 0.15) is 45.2 Å². The van der Waals surface area contributed by atoms with Gasteiger partial charge in [0.05, 0.1) is 16.4 Å². The highest BCUT2D eigenvalue weighted by molar-refractivity contribution is 8.00. The predicted octanol–water partition coefficient (Wildman–Crippen LogP) is 4.08. The Morgan fingerprint density at radius 1 is 0.867 bits per heavy atom. The van der Waals surface area contributed by atoms with E-state index in [0.29, 0.717) is 17.5 Å². The largest absolute Gasteiger partial charge is 0.461 e. The van der Waals surface area contributed by atoms with Crippen LogP contribution >= 0.6 is 11.8 Å². The number of carbonyl (C=O) groups excluding carboxylic acids is 3. The van der Waals surface area contributed by atoms with Crippen LogP contribution in [-0.4, -0.2) is 41.3 Å². The van der Waals surface area contributed by atoms with Gasteiger partial charge in [-0.3, -0.25) is 4.79 Å². The summed E-state index contributed by atoms with van der Waals surface area (Å²) in [6.45, 7) is 5.25. The highest BCUT2D eigenvalue weighted by Crippen LogP contribution is 2.37. The molecular weight excluding hydrogens is 404 g/mol. The van der Waals surface area contributed by atoms with Crippen molar-refractivity contribution in [3.63, 3.8) is 0 Å². The predicted molar refractivity (Wildman–Crippen MR) is 113 cm³/mol. The van der Waals surface area contributed by atoms with Crippen LogP contribution < -0.4 is 0 Å². The van der Waals surface area contributed by atoms with Crippen molar-refractivity contribution < 1.29 is 28.6 Å². The second-order valence-electron chi connectivity index (χ2n) is 7.22. The highest BCUT2D eigenvalue weighted by Gasteiger charge is 2.40. The summed E-state index contributed by atoms with van der Waals surface area (Å²) >= 11 is 1.33. The van der Waals surface area contributed by atoms with E-state index in [4.69, 9.17) is 14.2 Å². The minimum absolute atomic E-state index is 0.0426. The van der Waals surface area contributed by atoms with Gasteiger partial charge in [0.1, 0.15) is 12.7 Å². The highest BCUT2D eigenvalue weighted by atomic mass is 32.2. The van der Waals surface area contributed by atoms with E-state index < -0.39 is 29.4 Å². The van der Waals surface area contributed by atoms with E-state index in [-0.39, 0.29) is 11.9 Å². The normalized spacial score (nSPS) is 20.4. The fourth-order valence-corrected chi connectivity index (χ4v) is 4.41. The fraction of sp³-hybridized carbons (Fsp3) is 0.348. The number of thioether (sulfide) groups is 1. The summed E-state index contributed by atoms with van der Waals surface area (Å²) in [5.74, 6) is -1.32. The van der Waals surface area contributed by atoms with Crippen LogP contribution in [0.15, 0.2) is 48.5 Å². The number of benzene rings is 2. The zero-order chi connectivity index (χ0) is 21.7. The standard InChI is InChI=1S/C23H24O6S/c1-14-4-8-17(9-5-14)22(25)27-13-20-19(12-21(30-20)28-16(3)24)29-23(26)18-10-6-15(2)7-11-18/h4-11,19-21H,12-13H2,1-3H3/t19-,20+,21?/m0/s1. The second-order valence-corrected chi connectivity index (χ2v) is 8.63. The lowest BCUT2D eigenvalue weighted by Gasteiger charge is -2.19. The third-order valence-electron chi connectivity index (χ3n) is 4.68.